The molecule has 0 saturated heterocycles. The summed E-state index contributed by atoms with van der Waals surface area (Å²) < 4.78 is 68.0. The average Bonchev–Trinajstić information content (AvgIpc) is 3.27. The highest BCUT2D eigenvalue weighted by atomic mass is 28.4. The van der Waals surface area contributed by atoms with E-state index in [4.69, 9.17) is 23.1 Å². The molecule has 1 aliphatic rings. The molecular weight excluding hydrogens is 730 g/mol. The molecule has 53 heavy (non-hydrogen) atoms. The molecule has 6 nitrogen and oxygen atoms in total. The Morgan fingerprint density at radius 2 is 1.40 bits per heavy atom. The SMILES string of the molecule is CC(C)(C)[Si](C)(C)O[C@H](/C=C/[C@@H]1[C@@H](C/C=C\CCCC(=O)O)[C@@H](O[Si](C)(C)C(C)(C)C)C[C@H]1O[Si](C)(C)C(C)(C)C)COc1cccc(C(F)(F)F)c1. The zero-order valence-electron chi connectivity index (χ0n) is 35.4. The number of aliphatic carboxylic acids is 1. The number of allylic oxidation sites excluding steroid dienone is 2. The third-order valence-corrected chi connectivity index (χ3v) is 25.6. The molecule has 1 aromatic rings. The van der Waals surface area contributed by atoms with Crippen LogP contribution >= 0.6 is 0 Å². The van der Waals surface area contributed by atoms with E-state index in [1.54, 1.807) is 6.07 Å². The van der Waals surface area contributed by atoms with Gasteiger partial charge < -0.3 is 23.1 Å². The van der Waals surface area contributed by atoms with E-state index < -0.39 is 48.8 Å². The Balaban J connectivity index is 2.63. The van der Waals surface area contributed by atoms with Gasteiger partial charge in [-0.1, -0.05) is 92.7 Å². The van der Waals surface area contributed by atoms with E-state index in [0.29, 0.717) is 12.8 Å². The number of hydrogen-bond acceptors (Lipinski definition) is 5. The molecule has 1 fully saturated rings. The lowest BCUT2D eigenvalue weighted by Gasteiger charge is -2.40. The summed E-state index contributed by atoms with van der Waals surface area (Å²) in [4.78, 5) is 11.1. The number of carboxylic acids is 1. The second kappa shape index (κ2) is 18.0. The van der Waals surface area contributed by atoms with Gasteiger partial charge in [0.25, 0.3) is 0 Å². The highest BCUT2D eigenvalue weighted by molar-refractivity contribution is 6.75. The molecule has 0 heterocycles. The first-order valence-electron chi connectivity index (χ1n) is 19.3. The highest BCUT2D eigenvalue weighted by Gasteiger charge is 2.50. The molecule has 0 unspecified atom stereocenters. The molecule has 0 aliphatic heterocycles. The number of alkyl halides is 3. The quantitative estimate of drug-likeness (QED) is 0.0961. The minimum absolute atomic E-state index is 0.00799. The number of ether oxygens (including phenoxy) is 1. The molecule has 1 aromatic carbocycles. The van der Waals surface area contributed by atoms with Gasteiger partial charge in [0.05, 0.1) is 23.9 Å². The normalized spacial score (nSPS) is 21.8. The molecule has 0 radical (unpaired) electrons. The number of unbranched alkanes of at least 4 members (excludes halogenated alkanes) is 1. The van der Waals surface area contributed by atoms with Crippen molar-refractivity contribution in [3.63, 3.8) is 0 Å². The van der Waals surface area contributed by atoms with Gasteiger partial charge in [-0.15, -0.1) is 0 Å². The monoisotopic (exact) mass is 800 g/mol. The molecule has 1 aliphatic carbocycles. The lowest BCUT2D eigenvalue weighted by Crippen LogP contribution is -2.45. The van der Waals surface area contributed by atoms with Gasteiger partial charge in [-0.3, -0.25) is 4.79 Å². The van der Waals surface area contributed by atoms with Crippen LogP contribution in [0, 0.1) is 11.8 Å². The van der Waals surface area contributed by atoms with Crippen LogP contribution in [0.1, 0.15) is 100.0 Å². The van der Waals surface area contributed by atoms with Crippen molar-refractivity contribution in [3.8, 4) is 5.75 Å². The van der Waals surface area contributed by atoms with Crippen LogP contribution < -0.4 is 4.74 Å². The van der Waals surface area contributed by atoms with Crippen LogP contribution in [0.2, 0.25) is 54.4 Å². The Hall–Kier alpha value is -1.71. The minimum Gasteiger partial charge on any atom is -0.491 e. The first-order chi connectivity index (χ1) is 23.9. The van der Waals surface area contributed by atoms with E-state index in [2.05, 4.69) is 126 Å². The Kier molecular flexibility index (Phi) is 16.2. The summed E-state index contributed by atoms with van der Waals surface area (Å²) in [6.07, 6.45) is 6.28. The number of benzene rings is 1. The van der Waals surface area contributed by atoms with Gasteiger partial charge in [-0.05, 0) is 104 Å². The standard InChI is InChI=1S/C41H71F3O6Si3/c1-38(2,3)51(10,11)48-32(29-47-31-22-20-21-30(27-31)41(42,43)44)25-26-34-33(23-18-16-17-19-24-37(45)46)35(49-52(12,13)39(4,5)6)28-36(34)50-53(14,15)40(7,8)9/h16,18,20-22,25-27,32-36H,17,19,23-24,28-29H2,1-15H3,(H,45,46)/b18-16-,26-25+/t32-,33-,34-,35+,36-/m1/s1. The van der Waals surface area contributed by atoms with Gasteiger partial charge >= 0.3 is 12.1 Å². The summed E-state index contributed by atoms with van der Waals surface area (Å²) in [7, 11) is -6.74. The fraction of sp³-hybridized carbons (Fsp3) is 0.732. The summed E-state index contributed by atoms with van der Waals surface area (Å²) in [5.74, 6) is -0.587. The summed E-state index contributed by atoms with van der Waals surface area (Å²) in [5, 5.41) is 9.01. The van der Waals surface area contributed by atoms with Crippen LogP contribution in [0.3, 0.4) is 0 Å². The van der Waals surface area contributed by atoms with Crippen LogP contribution in [0.4, 0.5) is 13.2 Å². The predicted molar refractivity (Wildman–Crippen MR) is 219 cm³/mol. The van der Waals surface area contributed by atoms with Crippen molar-refractivity contribution in [1.29, 1.82) is 0 Å². The minimum atomic E-state index is -4.47. The van der Waals surface area contributed by atoms with Gasteiger partial charge in [0.1, 0.15) is 12.4 Å². The van der Waals surface area contributed by atoms with Crippen LogP contribution in [-0.2, 0) is 24.2 Å². The number of carbonyl (C=O) groups is 1. The largest absolute Gasteiger partial charge is 0.491 e. The lowest BCUT2D eigenvalue weighted by atomic mass is 9.89. The fourth-order valence-corrected chi connectivity index (χ4v) is 9.65. The van der Waals surface area contributed by atoms with Crippen molar-refractivity contribution in [2.75, 3.05) is 6.61 Å². The Labute approximate surface area is 322 Å². The van der Waals surface area contributed by atoms with Crippen LogP contribution in [-0.4, -0.2) is 60.9 Å². The van der Waals surface area contributed by atoms with Crippen molar-refractivity contribution in [1.82, 2.24) is 0 Å². The molecule has 5 atom stereocenters. The van der Waals surface area contributed by atoms with Crippen molar-refractivity contribution in [2.45, 2.75) is 173 Å². The summed E-state index contributed by atoms with van der Waals surface area (Å²) in [5.41, 5.74) is -0.754. The molecule has 0 aromatic heterocycles. The maximum absolute atomic E-state index is 13.5. The second-order valence-corrected chi connectivity index (χ2v) is 33.7. The molecule has 0 spiro atoms. The number of hydrogen-bond donors (Lipinski definition) is 1. The van der Waals surface area contributed by atoms with E-state index in [-0.39, 0.29) is 57.9 Å². The van der Waals surface area contributed by atoms with Crippen molar-refractivity contribution in [3.05, 3.63) is 54.1 Å². The van der Waals surface area contributed by atoms with Gasteiger partial charge in [-0.25, -0.2) is 0 Å². The Morgan fingerprint density at radius 1 is 0.849 bits per heavy atom. The van der Waals surface area contributed by atoms with Gasteiger partial charge in [-0.2, -0.15) is 13.2 Å². The van der Waals surface area contributed by atoms with Gasteiger partial charge in [0, 0.05) is 12.3 Å². The third kappa shape index (κ3) is 14.1. The molecule has 12 heteroatoms. The second-order valence-electron chi connectivity index (χ2n) is 19.4. The van der Waals surface area contributed by atoms with Gasteiger partial charge in [0.2, 0.25) is 0 Å². The molecule has 0 bridgehead atoms. The van der Waals surface area contributed by atoms with E-state index in [9.17, 15) is 18.0 Å². The molecular formula is C41H71F3O6Si3. The smallest absolute Gasteiger partial charge is 0.416 e. The molecule has 0 amide bonds. The third-order valence-electron chi connectivity index (χ3n) is 12.1. The van der Waals surface area contributed by atoms with E-state index >= 15 is 0 Å². The lowest BCUT2D eigenvalue weighted by molar-refractivity contribution is -0.138. The maximum atomic E-state index is 13.5. The number of carboxylic acid groups (broad SMARTS) is 1. The first kappa shape index (κ1) is 47.4. The first-order valence-corrected chi connectivity index (χ1v) is 28.0. The van der Waals surface area contributed by atoms with Crippen molar-refractivity contribution >= 4 is 30.9 Å². The average molecular weight is 801 g/mol. The topological polar surface area (TPSA) is 74.2 Å². The summed E-state index contributed by atoms with van der Waals surface area (Å²) >= 11 is 0. The number of halogens is 3. The van der Waals surface area contributed by atoms with Crippen LogP contribution in [0.25, 0.3) is 0 Å². The Morgan fingerprint density at radius 3 is 1.91 bits per heavy atom. The maximum Gasteiger partial charge on any atom is 0.416 e. The predicted octanol–water partition coefficient (Wildman–Crippen LogP) is 12.6. The van der Waals surface area contributed by atoms with Gasteiger partial charge in [0.15, 0.2) is 25.0 Å². The van der Waals surface area contributed by atoms with E-state index in [0.717, 1.165) is 25.0 Å². The van der Waals surface area contributed by atoms with E-state index in [1.807, 2.05) is 0 Å². The zero-order valence-corrected chi connectivity index (χ0v) is 38.4. The molecule has 2 rings (SSSR count). The molecule has 304 valence electrons. The highest BCUT2D eigenvalue weighted by Crippen LogP contribution is 2.48. The zero-order chi connectivity index (χ0) is 40.8. The van der Waals surface area contributed by atoms with Crippen LogP contribution in [0.15, 0.2) is 48.6 Å². The summed E-state index contributed by atoms with van der Waals surface area (Å²) in [6, 6.07) is 4.99. The van der Waals surface area contributed by atoms with Crippen molar-refractivity contribution < 1.29 is 41.1 Å². The van der Waals surface area contributed by atoms with E-state index in [1.165, 1.54) is 6.07 Å². The van der Waals surface area contributed by atoms with Crippen LogP contribution in [0.5, 0.6) is 5.75 Å². The van der Waals surface area contributed by atoms with Crippen molar-refractivity contribution in [2.24, 2.45) is 11.8 Å². The number of rotatable bonds is 17. The molecule has 1 N–H and O–H groups in total. The summed E-state index contributed by atoms with van der Waals surface area (Å²) in [6.45, 7) is 33.5. The fourth-order valence-electron chi connectivity index (χ4n) is 5.65. The Bertz CT molecular complexity index is 1390. The molecule has 1 saturated carbocycles.